The molecule has 0 aliphatic heterocycles. The lowest BCUT2D eigenvalue weighted by molar-refractivity contribution is -0.385. The van der Waals surface area contributed by atoms with E-state index in [9.17, 15) is 18.5 Å². The average molecular weight is 218 g/mol. The summed E-state index contributed by atoms with van der Waals surface area (Å²) in [4.78, 5) is 8.84. The minimum absolute atomic E-state index is 0.238. The number of hydrogen-bond donors (Lipinski definition) is 2. The van der Waals surface area contributed by atoms with Crippen LogP contribution in [0.3, 0.4) is 0 Å². The largest absolute Gasteiger partial charge is 0.398 e. The summed E-state index contributed by atoms with van der Waals surface area (Å²) in [6, 6.07) is 2.79. The molecule has 1 aromatic carbocycles. The standard InChI is InChI=1S/C6H6N2O5S/c7-5-2-1-4(8(9)10)3-6(5)14(11,12)13/h1-3H,7H2,(H,11,12,13). The SMILES string of the molecule is Nc1ccc([N+](=O)[O-])cc1S(=O)(=O)O. The lowest BCUT2D eigenvalue weighted by Gasteiger charge is -2.00. The molecule has 8 heteroatoms. The number of non-ortho nitro benzene ring substituents is 1. The van der Waals surface area contributed by atoms with Crippen molar-refractivity contribution in [3.05, 3.63) is 28.3 Å². The maximum Gasteiger partial charge on any atom is 0.296 e. The van der Waals surface area contributed by atoms with Gasteiger partial charge in [0.05, 0.1) is 10.6 Å². The van der Waals surface area contributed by atoms with Crippen molar-refractivity contribution in [1.82, 2.24) is 0 Å². The lowest BCUT2D eigenvalue weighted by atomic mass is 10.3. The summed E-state index contributed by atoms with van der Waals surface area (Å²) in [6.07, 6.45) is 0. The molecule has 0 aliphatic carbocycles. The van der Waals surface area contributed by atoms with Crippen molar-refractivity contribution in [3.8, 4) is 0 Å². The Morgan fingerprint density at radius 1 is 1.43 bits per heavy atom. The Kier molecular flexibility index (Phi) is 2.41. The average Bonchev–Trinajstić information content (AvgIpc) is 2.02. The minimum atomic E-state index is -4.52. The van der Waals surface area contributed by atoms with Gasteiger partial charge in [-0.3, -0.25) is 14.7 Å². The molecule has 0 radical (unpaired) electrons. The lowest BCUT2D eigenvalue weighted by Crippen LogP contribution is -2.03. The molecule has 76 valence electrons. The molecular weight excluding hydrogens is 212 g/mol. The number of rotatable bonds is 2. The van der Waals surface area contributed by atoms with Crippen LogP contribution in [0.1, 0.15) is 0 Å². The van der Waals surface area contributed by atoms with E-state index >= 15 is 0 Å². The van der Waals surface area contributed by atoms with E-state index in [0.717, 1.165) is 12.1 Å². The zero-order valence-corrected chi connectivity index (χ0v) is 7.56. The molecule has 0 fully saturated rings. The van der Waals surface area contributed by atoms with Crippen LogP contribution < -0.4 is 5.73 Å². The third kappa shape index (κ3) is 1.98. The van der Waals surface area contributed by atoms with Crippen LogP contribution in [0.15, 0.2) is 23.1 Å². The summed E-state index contributed by atoms with van der Waals surface area (Å²) >= 11 is 0. The molecule has 7 nitrogen and oxygen atoms in total. The molecule has 14 heavy (non-hydrogen) atoms. The number of nitro groups is 1. The summed E-state index contributed by atoms with van der Waals surface area (Å²) < 4.78 is 30.0. The minimum Gasteiger partial charge on any atom is -0.398 e. The molecule has 0 saturated heterocycles. The predicted molar refractivity (Wildman–Crippen MR) is 47.3 cm³/mol. The molecule has 0 aliphatic rings. The van der Waals surface area contributed by atoms with Gasteiger partial charge in [-0.2, -0.15) is 8.42 Å². The Bertz CT molecular complexity index is 481. The quantitative estimate of drug-likeness (QED) is 0.321. The first kappa shape index (κ1) is 10.4. The number of nitrogen functional groups attached to an aromatic ring is 1. The summed E-state index contributed by atoms with van der Waals surface area (Å²) in [6.45, 7) is 0. The summed E-state index contributed by atoms with van der Waals surface area (Å²) in [5, 5.41) is 10.3. The van der Waals surface area contributed by atoms with Crippen LogP contribution in [-0.4, -0.2) is 17.9 Å². The Balaban J connectivity index is 3.44. The van der Waals surface area contributed by atoms with Crippen molar-refractivity contribution in [2.45, 2.75) is 4.90 Å². The monoisotopic (exact) mass is 218 g/mol. The predicted octanol–water partition coefficient (Wildman–Crippen LogP) is 0.424. The van der Waals surface area contributed by atoms with Gasteiger partial charge in [0.2, 0.25) is 0 Å². The highest BCUT2D eigenvalue weighted by Crippen LogP contribution is 2.23. The van der Waals surface area contributed by atoms with E-state index in [4.69, 9.17) is 10.3 Å². The number of nitrogens with two attached hydrogens (primary N) is 1. The van der Waals surface area contributed by atoms with Crippen LogP contribution in [0.5, 0.6) is 0 Å². The van der Waals surface area contributed by atoms with Gasteiger partial charge in [0, 0.05) is 12.1 Å². The maximum absolute atomic E-state index is 10.7. The third-order valence-electron chi connectivity index (χ3n) is 1.49. The molecule has 1 rings (SSSR count). The van der Waals surface area contributed by atoms with Crippen molar-refractivity contribution in [2.24, 2.45) is 0 Å². The van der Waals surface area contributed by atoms with Gasteiger partial charge in [0.25, 0.3) is 15.8 Å². The molecular formula is C6H6N2O5S. The number of anilines is 1. The van der Waals surface area contributed by atoms with Crippen LogP contribution in [0.25, 0.3) is 0 Å². The molecule has 3 N–H and O–H groups in total. The molecule has 0 spiro atoms. The van der Waals surface area contributed by atoms with Gasteiger partial charge in [-0.25, -0.2) is 0 Å². The second-order valence-electron chi connectivity index (χ2n) is 2.45. The number of benzene rings is 1. The van der Waals surface area contributed by atoms with Crippen molar-refractivity contribution in [1.29, 1.82) is 0 Å². The van der Waals surface area contributed by atoms with E-state index in [1.54, 1.807) is 0 Å². The van der Waals surface area contributed by atoms with Gasteiger partial charge in [-0.1, -0.05) is 0 Å². The van der Waals surface area contributed by atoms with E-state index in [2.05, 4.69) is 0 Å². The number of nitro benzene ring substituents is 1. The van der Waals surface area contributed by atoms with Gasteiger partial charge < -0.3 is 5.73 Å². The first-order chi connectivity index (χ1) is 6.32. The normalized spacial score (nSPS) is 11.2. The van der Waals surface area contributed by atoms with E-state index in [1.165, 1.54) is 0 Å². The molecule has 0 saturated carbocycles. The molecule has 0 heterocycles. The van der Waals surface area contributed by atoms with Gasteiger partial charge in [0.15, 0.2) is 0 Å². The molecule has 0 bridgehead atoms. The molecule has 0 amide bonds. The fraction of sp³-hybridized carbons (Fsp3) is 0. The smallest absolute Gasteiger partial charge is 0.296 e. The van der Waals surface area contributed by atoms with E-state index in [0.29, 0.717) is 6.07 Å². The highest BCUT2D eigenvalue weighted by atomic mass is 32.2. The Morgan fingerprint density at radius 2 is 2.00 bits per heavy atom. The zero-order valence-electron chi connectivity index (χ0n) is 6.75. The summed E-state index contributed by atoms with van der Waals surface area (Å²) in [5.74, 6) is 0. The second-order valence-corrected chi connectivity index (χ2v) is 3.84. The second kappa shape index (κ2) is 3.24. The van der Waals surface area contributed by atoms with Gasteiger partial charge in [0.1, 0.15) is 4.90 Å². The molecule has 1 aromatic rings. The first-order valence-corrected chi connectivity index (χ1v) is 4.78. The van der Waals surface area contributed by atoms with Gasteiger partial charge >= 0.3 is 0 Å². The van der Waals surface area contributed by atoms with Crippen LogP contribution >= 0.6 is 0 Å². The van der Waals surface area contributed by atoms with Crippen LogP contribution in [-0.2, 0) is 10.1 Å². The van der Waals surface area contributed by atoms with Crippen LogP contribution in [0, 0.1) is 10.1 Å². The van der Waals surface area contributed by atoms with Crippen LogP contribution in [0.2, 0.25) is 0 Å². The molecule has 0 atom stereocenters. The highest BCUT2D eigenvalue weighted by Gasteiger charge is 2.18. The first-order valence-electron chi connectivity index (χ1n) is 3.34. The fourth-order valence-corrected chi connectivity index (χ4v) is 1.50. The van der Waals surface area contributed by atoms with Crippen molar-refractivity contribution in [2.75, 3.05) is 5.73 Å². The van der Waals surface area contributed by atoms with E-state index < -0.39 is 25.6 Å². The Morgan fingerprint density at radius 3 is 2.43 bits per heavy atom. The van der Waals surface area contributed by atoms with Crippen molar-refractivity contribution in [3.63, 3.8) is 0 Å². The van der Waals surface area contributed by atoms with Crippen molar-refractivity contribution < 1.29 is 17.9 Å². The summed E-state index contributed by atoms with van der Waals surface area (Å²) in [7, 11) is -4.52. The van der Waals surface area contributed by atoms with Gasteiger partial charge in [-0.15, -0.1) is 0 Å². The highest BCUT2D eigenvalue weighted by molar-refractivity contribution is 7.86. The third-order valence-corrected chi connectivity index (χ3v) is 2.40. The van der Waals surface area contributed by atoms with Gasteiger partial charge in [-0.05, 0) is 6.07 Å². The molecule has 0 unspecified atom stereocenters. The van der Waals surface area contributed by atoms with Crippen LogP contribution in [0.4, 0.5) is 11.4 Å². The molecule has 0 aromatic heterocycles. The van der Waals surface area contributed by atoms with E-state index in [1.807, 2.05) is 0 Å². The topological polar surface area (TPSA) is 124 Å². The number of hydrogen-bond acceptors (Lipinski definition) is 5. The summed E-state index contributed by atoms with van der Waals surface area (Å²) in [5.41, 5.74) is 4.52. The maximum atomic E-state index is 10.7. The van der Waals surface area contributed by atoms with Crippen molar-refractivity contribution >= 4 is 21.5 Å². The fourth-order valence-electron chi connectivity index (χ4n) is 0.860. The van der Waals surface area contributed by atoms with E-state index in [-0.39, 0.29) is 5.69 Å². The Labute approximate surface area is 79.1 Å². The Hall–Kier alpha value is -1.67. The zero-order chi connectivity index (χ0) is 10.9. The number of nitrogens with zero attached hydrogens (tertiary/aromatic N) is 1.